The summed E-state index contributed by atoms with van der Waals surface area (Å²) in [6.07, 6.45) is 1.69. The highest BCUT2D eigenvalue weighted by atomic mass is 79.9. The lowest BCUT2D eigenvalue weighted by Crippen LogP contribution is -1.97. The van der Waals surface area contributed by atoms with Gasteiger partial charge < -0.3 is 9.47 Å². The minimum atomic E-state index is 0.418. The number of aromatic nitrogens is 1. The molecule has 0 N–H and O–H groups in total. The zero-order valence-electron chi connectivity index (χ0n) is 9.99. The van der Waals surface area contributed by atoms with Crippen molar-refractivity contribution in [3.63, 3.8) is 0 Å². The summed E-state index contributed by atoms with van der Waals surface area (Å²) >= 11 is 12.6. The van der Waals surface area contributed by atoms with Crippen LogP contribution in [0.25, 0.3) is 0 Å². The summed E-state index contributed by atoms with van der Waals surface area (Å²) in [5.74, 6) is 1.47. The van der Waals surface area contributed by atoms with Crippen LogP contribution in [0.5, 0.6) is 11.5 Å². The van der Waals surface area contributed by atoms with Gasteiger partial charge >= 0.3 is 0 Å². The summed E-state index contributed by atoms with van der Waals surface area (Å²) in [4.78, 5) is 4.00. The van der Waals surface area contributed by atoms with Crippen LogP contribution in [-0.2, 0) is 6.61 Å². The molecular formula is C13H10Br2ClNO2. The Bertz CT molecular complexity index is 576. The zero-order chi connectivity index (χ0) is 13.8. The number of benzene rings is 1. The van der Waals surface area contributed by atoms with Gasteiger partial charge in [-0.05, 0) is 50.1 Å². The van der Waals surface area contributed by atoms with Crippen LogP contribution in [0.1, 0.15) is 5.56 Å². The van der Waals surface area contributed by atoms with Crippen molar-refractivity contribution in [2.75, 3.05) is 7.11 Å². The Morgan fingerprint density at radius 2 is 1.84 bits per heavy atom. The fraction of sp³-hybridized carbons (Fsp3) is 0.154. The third-order valence-electron chi connectivity index (χ3n) is 2.39. The number of rotatable bonds is 4. The second kappa shape index (κ2) is 6.59. The molecule has 0 atom stereocenters. The number of nitrogens with zero attached hydrogens (tertiary/aromatic N) is 1. The van der Waals surface area contributed by atoms with Gasteiger partial charge in [-0.15, -0.1) is 0 Å². The molecule has 0 fully saturated rings. The molecule has 0 unspecified atom stereocenters. The summed E-state index contributed by atoms with van der Waals surface area (Å²) in [6.45, 7) is 0.418. The van der Waals surface area contributed by atoms with Crippen molar-refractivity contribution in [2.45, 2.75) is 6.61 Å². The zero-order valence-corrected chi connectivity index (χ0v) is 13.9. The second-order valence-corrected chi connectivity index (χ2v) is 5.79. The maximum Gasteiger partial charge on any atom is 0.135 e. The molecule has 0 saturated carbocycles. The summed E-state index contributed by atoms with van der Waals surface area (Å²) in [7, 11) is 1.62. The highest BCUT2D eigenvalue weighted by Crippen LogP contribution is 2.36. The molecule has 19 heavy (non-hydrogen) atoms. The van der Waals surface area contributed by atoms with Crippen molar-refractivity contribution < 1.29 is 9.47 Å². The lowest BCUT2D eigenvalue weighted by Gasteiger charge is -2.11. The maximum absolute atomic E-state index is 5.73. The van der Waals surface area contributed by atoms with Gasteiger partial charge in [0.1, 0.15) is 23.3 Å². The predicted octanol–water partition coefficient (Wildman–Crippen LogP) is 4.85. The van der Waals surface area contributed by atoms with Crippen LogP contribution >= 0.6 is 43.5 Å². The first-order valence-corrected chi connectivity index (χ1v) is 7.33. The Balaban J connectivity index is 2.11. The Labute approximate surface area is 133 Å². The predicted molar refractivity (Wildman–Crippen MR) is 82.0 cm³/mol. The molecule has 0 aliphatic rings. The second-order valence-electron chi connectivity index (χ2n) is 3.70. The molecule has 3 nitrogen and oxygen atoms in total. The van der Waals surface area contributed by atoms with E-state index >= 15 is 0 Å². The molecule has 6 heteroatoms. The quantitative estimate of drug-likeness (QED) is 0.679. The Hall–Kier alpha value is -0.780. The molecule has 0 radical (unpaired) electrons. The van der Waals surface area contributed by atoms with Crippen LogP contribution in [0.15, 0.2) is 39.4 Å². The van der Waals surface area contributed by atoms with Crippen molar-refractivity contribution >= 4 is 43.5 Å². The van der Waals surface area contributed by atoms with Crippen molar-refractivity contribution in [3.8, 4) is 11.5 Å². The van der Waals surface area contributed by atoms with E-state index in [1.807, 2.05) is 18.2 Å². The molecule has 100 valence electrons. The van der Waals surface area contributed by atoms with Crippen LogP contribution in [0.4, 0.5) is 0 Å². The van der Waals surface area contributed by atoms with Crippen molar-refractivity contribution in [2.24, 2.45) is 0 Å². The number of pyridine rings is 1. The van der Waals surface area contributed by atoms with E-state index < -0.39 is 0 Å². The van der Waals surface area contributed by atoms with E-state index in [-0.39, 0.29) is 0 Å². The molecule has 1 heterocycles. The standard InChI is InChI=1S/C13H10Br2ClNO2/c1-18-11-4-10(15)12(5-9(11)14)19-7-8-2-3-13(16)17-6-8/h2-6H,7H2,1H3. The third-order valence-corrected chi connectivity index (χ3v) is 3.85. The molecular weight excluding hydrogens is 397 g/mol. The van der Waals surface area contributed by atoms with Gasteiger partial charge in [-0.2, -0.15) is 0 Å². The molecule has 0 saturated heterocycles. The first-order valence-electron chi connectivity index (χ1n) is 5.36. The van der Waals surface area contributed by atoms with Gasteiger partial charge in [0.05, 0.1) is 16.1 Å². The van der Waals surface area contributed by atoms with E-state index in [1.165, 1.54) is 0 Å². The number of halogens is 3. The first-order chi connectivity index (χ1) is 9.10. The summed E-state index contributed by atoms with van der Waals surface area (Å²) in [5.41, 5.74) is 0.947. The lowest BCUT2D eigenvalue weighted by molar-refractivity contribution is 0.302. The lowest BCUT2D eigenvalue weighted by atomic mass is 10.3. The Morgan fingerprint density at radius 1 is 1.16 bits per heavy atom. The van der Waals surface area contributed by atoms with E-state index in [2.05, 4.69) is 36.8 Å². The summed E-state index contributed by atoms with van der Waals surface area (Å²) in [6, 6.07) is 7.31. The average Bonchev–Trinajstić information content (AvgIpc) is 2.41. The van der Waals surface area contributed by atoms with Gasteiger partial charge in [0.15, 0.2) is 0 Å². The van der Waals surface area contributed by atoms with Gasteiger partial charge in [-0.25, -0.2) is 4.98 Å². The number of hydrogen-bond donors (Lipinski definition) is 0. The molecule has 1 aromatic heterocycles. The van der Waals surface area contributed by atoms with Gasteiger partial charge in [0, 0.05) is 11.8 Å². The first kappa shape index (κ1) is 14.6. The molecule has 0 amide bonds. The molecule has 2 aromatic rings. The molecule has 0 spiro atoms. The normalized spacial score (nSPS) is 10.3. The van der Waals surface area contributed by atoms with Crippen LogP contribution in [0, 0.1) is 0 Å². The highest BCUT2D eigenvalue weighted by molar-refractivity contribution is 9.11. The number of methoxy groups -OCH3 is 1. The number of hydrogen-bond acceptors (Lipinski definition) is 3. The minimum Gasteiger partial charge on any atom is -0.496 e. The Kier molecular flexibility index (Phi) is 5.07. The van der Waals surface area contributed by atoms with E-state index in [9.17, 15) is 0 Å². The molecule has 0 bridgehead atoms. The fourth-order valence-corrected chi connectivity index (χ4v) is 2.46. The molecule has 0 aliphatic heterocycles. The smallest absolute Gasteiger partial charge is 0.135 e. The van der Waals surface area contributed by atoms with Crippen LogP contribution in [0.2, 0.25) is 5.15 Å². The van der Waals surface area contributed by atoms with E-state index in [0.717, 1.165) is 26.0 Å². The fourth-order valence-electron chi connectivity index (χ4n) is 1.43. The van der Waals surface area contributed by atoms with Gasteiger partial charge in [-0.3, -0.25) is 0 Å². The summed E-state index contributed by atoms with van der Waals surface area (Å²) in [5, 5.41) is 0.470. The number of ether oxygens (including phenoxy) is 2. The average molecular weight is 407 g/mol. The van der Waals surface area contributed by atoms with E-state index in [1.54, 1.807) is 19.4 Å². The van der Waals surface area contributed by atoms with Crippen LogP contribution in [0.3, 0.4) is 0 Å². The molecule has 0 aliphatic carbocycles. The van der Waals surface area contributed by atoms with E-state index in [4.69, 9.17) is 21.1 Å². The largest absolute Gasteiger partial charge is 0.496 e. The third kappa shape index (κ3) is 3.84. The highest BCUT2D eigenvalue weighted by Gasteiger charge is 2.08. The Morgan fingerprint density at radius 3 is 2.47 bits per heavy atom. The van der Waals surface area contributed by atoms with Crippen molar-refractivity contribution in [1.82, 2.24) is 4.98 Å². The molecule has 2 rings (SSSR count). The topological polar surface area (TPSA) is 31.4 Å². The summed E-state index contributed by atoms with van der Waals surface area (Å²) < 4.78 is 12.6. The van der Waals surface area contributed by atoms with Crippen molar-refractivity contribution in [3.05, 3.63) is 50.1 Å². The van der Waals surface area contributed by atoms with Crippen molar-refractivity contribution in [1.29, 1.82) is 0 Å². The van der Waals surface area contributed by atoms with Gasteiger partial charge in [0.25, 0.3) is 0 Å². The van der Waals surface area contributed by atoms with Crippen LogP contribution < -0.4 is 9.47 Å². The van der Waals surface area contributed by atoms with Crippen LogP contribution in [-0.4, -0.2) is 12.1 Å². The van der Waals surface area contributed by atoms with Gasteiger partial charge in [-0.1, -0.05) is 17.7 Å². The maximum atomic E-state index is 5.73. The van der Waals surface area contributed by atoms with Gasteiger partial charge in [0.2, 0.25) is 0 Å². The minimum absolute atomic E-state index is 0.418. The molecule has 1 aromatic carbocycles. The SMILES string of the molecule is COc1cc(Br)c(OCc2ccc(Cl)nc2)cc1Br. The monoisotopic (exact) mass is 405 g/mol. The van der Waals surface area contributed by atoms with E-state index in [0.29, 0.717) is 11.8 Å².